The number of aromatic nitrogens is 4. The predicted octanol–water partition coefficient (Wildman–Crippen LogP) is 4.40. The fraction of sp³-hybridized carbons (Fsp3) is 0.458. The van der Waals surface area contributed by atoms with E-state index in [-0.39, 0.29) is 0 Å². The molecule has 7 nitrogen and oxygen atoms in total. The van der Waals surface area contributed by atoms with Gasteiger partial charge in [0.1, 0.15) is 0 Å². The summed E-state index contributed by atoms with van der Waals surface area (Å²) in [6, 6.07) is 8.74. The van der Waals surface area contributed by atoms with Crippen LogP contribution < -0.4 is 10.6 Å². The molecule has 0 aliphatic rings. The summed E-state index contributed by atoms with van der Waals surface area (Å²) in [5.41, 5.74) is 5.18. The van der Waals surface area contributed by atoms with Gasteiger partial charge >= 0.3 is 0 Å². The Labute approximate surface area is 185 Å². The number of anilines is 2. The highest BCUT2D eigenvalue weighted by Crippen LogP contribution is 2.23. The van der Waals surface area contributed by atoms with Crippen LogP contribution in [0.25, 0.3) is 11.3 Å². The molecule has 7 heteroatoms. The van der Waals surface area contributed by atoms with Crippen molar-refractivity contribution in [1.82, 2.24) is 30.0 Å². The first-order valence-corrected chi connectivity index (χ1v) is 11.0. The molecule has 0 fully saturated rings. The number of unbranched alkanes of at least 4 members (excludes halogenated alkanes) is 1. The lowest BCUT2D eigenvalue weighted by Crippen LogP contribution is -2.18. The third-order valence-corrected chi connectivity index (χ3v) is 5.12. The minimum absolute atomic E-state index is 0.319. The highest BCUT2D eigenvalue weighted by molar-refractivity contribution is 5.64. The van der Waals surface area contributed by atoms with E-state index in [2.05, 4.69) is 77.8 Å². The number of hydrogen-bond donors (Lipinski definition) is 2. The molecule has 31 heavy (non-hydrogen) atoms. The molecule has 2 aromatic heterocycles. The van der Waals surface area contributed by atoms with Gasteiger partial charge in [-0.3, -0.25) is 4.68 Å². The van der Waals surface area contributed by atoms with E-state index in [4.69, 9.17) is 4.98 Å². The topological polar surface area (TPSA) is 70.9 Å². The average molecular weight is 422 g/mol. The molecular formula is C24H35N7. The molecule has 166 valence electrons. The first kappa shape index (κ1) is 22.9. The van der Waals surface area contributed by atoms with Crippen molar-refractivity contribution in [3.05, 3.63) is 54.0 Å². The standard InChI is InChI=1S/C24H35N7/c1-18(2)31-17-21(16-27-31)23-19(3)14-26-24(29-23)28-22-10-8-20(9-11-22)15-25-12-6-7-13-30(4)5/h8-11,14,16-18,25H,6-7,12-13,15H2,1-5H3,(H,26,28,29). The van der Waals surface area contributed by atoms with Crippen LogP contribution in [0, 0.1) is 6.92 Å². The fourth-order valence-electron chi connectivity index (χ4n) is 3.28. The van der Waals surface area contributed by atoms with Crippen molar-refractivity contribution in [2.24, 2.45) is 0 Å². The van der Waals surface area contributed by atoms with Gasteiger partial charge in [-0.2, -0.15) is 5.10 Å². The Hall–Kier alpha value is -2.77. The van der Waals surface area contributed by atoms with Crippen LogP contribution in [0.3, 0.4) is 0 Å². The molecule has 2 heterocycles. The molecule has 0 radical (unpaired) electrons. The second kappa shape index (κ2) is 11.0. The van der Waals surface area contributed by atoms with E-state index in [1.807, 2.05) is 30.2 Å². The van der Waals surface area contributed by atoms with Crippen molar-refractivity contribution in [3.8, 4) is 11.3 Å². The minimum Gasteiger partial charge on any atom is -0.324 e. The van der Waals surface area contributed by atoms with Crippen LogP contribution in [-0.4, -0.2) is 51.8 Å². The van der Waals surface area contributed by atoms with Gasteiger partial charge in [-0.05, 0) is 84.1 Å². The van der Waals surface area contributed by atoms with Crippen LogP contribution in [0.1, 0.15) is 43.9 Å². The summed E-state index contributed by atoms with van der Waals surface area (Å²) in [6.45, 7) is 9.31. The summed E-state index contributed by atoms with van der Waals surface area (Å²) in [7, 11) is 4.23. The Balaban J connectivity index is 1.56. The highest BCUT2D eigenvalue weighted by atomic mass is 15.3. The van der Waals surface area contributed by atoms with Crippen molar-refractivity contribution >= 4 is 11.6 Å². The molecule has 0 unspecified atom stereocenters. The number of nitrogens with one attached hydrogen (secondary N) is 2. The smallest absolute Gasteiger partial charge is 0.227 e. The maximum Gasteiger partial charge on any atom is 0.227 e. The van der Waals surface area contributed by atoms with E-state index >= 15 is 0 Å². The second-order valence-corrected chi connectivity index (χ2v) is 8.54. The van der Waals surface area contributed by atoms with Crippen molar-refractivity contribution < 1.29 is 0 Å². The van der Waals surface area contributed by atoms with Crippen LogP contribution >= 0.6 is 0 Å². The Morgan fingerprint density at radius 2 is 1.84 bits per heavy atom. The van der Waals surface area contributed by atoms with Gasteiger partial charge < -0.3 is 15.5 Å². The number of aryl methyl sites for hydroxylation is 1. The number of benzene rings is 1. The second-order valence-electron chi connectivity index (χ2n) is 8.54. The molecule has 0 bridgehead atoms. The molecule has 0 saturated heterocycles. The number of hydrogen-bond acceptors (Lipinski definition) is 6. The zero-order valence-corrected chi connectivity index (χ0v) is 19.4. The Morgan fingerprint density at radius 3 is 2.52 bits per heavy atom. The average Bonchev–Trinajstić information content (AvgIpc) is 3.23. The molecule has 0 spiro atoms. The van der Waals surface area contributed by atoms with Crippen LogP contribution in [0.5, 0.6) is 0 Å². The molecule has 0 atom stereocenters. The lowest BCUT2D eigenvalue weighted by Gasteiger charge is -2.10. The Bertz CT molecular complexity index is 945. The molecule has 1 aromatic carbocycles. The monoisotopic (exact) mass is 421 g/mol. The van der Waals surface area contributed by atoms with Crippen molar-refractivity contribution in [2.45, 2.75) is 46.2 Å². The number of nitrogens with zero attached hydrogens (tertiary/aromatic N) is 5. The van der Waals surface area contributed by atoms with Gasteiger partial charge in [0, 0.05) is 36.2 Å². The van der Waals surface area contributed by atoms with Gasteiger partial charge in [0.2, 0.25) is 5.95 Å². The third kappa shape index (κ3) is 6.87. The van der Waals surface area contributed by atoms with E-state index in [0.29, 0.717) is 12.0 Å². The lowest BCUT2D eigenvalue weighted by atomic mass is 10.1. The van der Waals surface area contributed by atoms with E-state index in [9.17, 15) is 0 Å². The van der Waals surface area contributed by atoms with Crippen LogP contribution in [0.15, 0.2) is 42.9 Å². The SMILES string of the molecule is Cc1cnc(Nc2ccc(CNCCCCN(C)C)cc2)nc1-c1cnn(C(C)C)c1. The summed E-state index contributed by atoms with van der Waals surface area (Å²) in [4.78, 5) is 11.4. The maximum atomic E-state index is 4.73. The molecule has 3 aromatic rings. The molecule has 0 saturated carbocycles. The van der Waals surface area contributed by atoms with E-state index in [0.717, 1.165) is 42.1 Å². The van der Waals surface area contributed by atoms with Gasteiger partial charge in [0.25, 0.3) is 0 Å². The highest BCUT2D eigenvalue weighted by Gasteiger charge is 2.10. The summed E-state index contributed by atoms with van der Waals surface area (Å²) in [5.74, 6) is 0.588. The van der Waals surface area contributed by atoms with E-state index in [1.165, 1.54) is 18.4 Å². The fourth-order valence-corrected chi connectivity index (χ4v) is 3.28. The minimum atomic E-state index is 0.319. The molecule has 0 aliphatic heterocycles. The van der Waals surface area contributed by atoms with Crippen molar-refractivity contribution in [2.75, 3.05) is 32.5 Å². The molecule has 3 rings (SSSR count). The first-order chi connectivity index (χ1) is 14.9. The summed E-state index contributed by atoms with van der Waals surface area (Å²) in [6.07, 6.45) is 8.17. The van der Waals surface area contributed by atoms with Crippen LogP contribution in [0.2, 0.25) is 0 Å². The Morgan fingerprint density at radius 1 is 1.06 bits per heavy atom. The molecule has 2 N–H and O–H groups in total. The summed E-state index contributed by atoms with van der Waals surface area (Å²) >= 11 is 0. The van der Waals surface area contributed by atoms with Crippen LogP contribution in [0.4, 0.5) is 11.6 Å². The largest absolute Gasteiger partial charge is 0.324 e. The van der Waals surface area contributed by atoms with Gasteiger partial charge in [-0.1, -0.05) is 12.1 Å². The normalized spacial score (nSPS) is 11.5. The third-order valence-electron chi connectivity index (χ3n) is 5.12. The summed E-state index contributed by atoms with van der Waals surface area (Å²) < 4.78 is 1.94. The first-order valence-electron chi connectivity index (χ1n) is 11.0. The zero-order chi connectivity index (χ0) is 22.2. The molecule has 0 amide bonds. The van der Waals surface area contributed by atoms with E-state index < -0.39 is 0 Å². The lowest BCUT2D eigenvalue weighted by molar-refractivity contribution is 0.391. The Kier molecular flexibility index (Phi) is 8.14. The van der Waals surface area contributed by atoms with Crippen molar-refractivity contribution in [3.63, 3.8) is 0 Å². The van der Waals surface area contributed by atoms with Gasteiger partial charge in [-0.25, -0.2) is 9.97 Å². The zero-order valence-electron chi connectivity index (χ0n) is 19.4. The van der Waals surface area contributed by atoms with Gasteiger partial charge in [-0.15, -0.1) is 0 Å². The predicted molar refractivity (Wildman–Crippen MR) is 128 cm³/mol. The summed E-state index contributed by atoms with van der Waals surface area (Å²) in [5, 5.41) is 11.3. The molecular weight excluding hydrogens is 386 g/mol. The van der Waals surface area contributed by atoms with Gasteiger partial charge in [0.05, 0.1) is 11.9 Å². The van der Waals surface area contributed by atoms with E-state index in [1.54, 1.807) is 0 Å². The number of rotatable bonds is 11. The molecule has 0 aliphatic carbocycles. The van der Waals surface area contributed by atoms with Gasteiger partial charge in [0.15, 0.2) is 0 Å². The quantitative estimate of drug-likeness (QED) is 0.447. The maximum absolute atomic E-state index is 4.73. The van der Waals surface area contributed by atoms with Crippen LogP contribution in [-0.2, 0) is 6.54 Å². The van der Waals surface area contributed by atoms with Crippen molar-refractivity contribution in [1.29, 1.82) is 0 Å².